The maximum Gasteiger partial charge on any atom is 0.0461 e. The van der Waals surface area contributed by atoms with E-state index in [0.29, 0.717) is 18.4 Å². The van der Waals surface area contributed by atoms with Crippen molar-refractivity contribution >= 4 is 0 Å². The van der Waals surface area contributed by atoms with Gasteiger partial charge in [-0.1, -0.05) is 78.6 Å². The maximum atomic E-state index is 9.44. The fourth-order valence-corrected chi connectivity index (χ4v) is 2.50. The molecule has 2 atom stereocenters. The average molecular weight is 242 g/mol. The van der Waals surface area contributed by atoms with Crippen molar-refractivity contribution in [1.29, 1.82) is 0 Å². The summed E-state index contributed by atoms with van der Waals surface area (Å²) in [5.74, 6) is 1.25. The Bertz CT molecular complexity index is 144. The van der Waals surface area contributed by atoms with Crippen LogP contribution in [0.3, 0.4) is 0 Å². The molecule has 0 fully saturated rings. The van der Waals surface area contributed by atoms with Gasteiger partial charge in [0, 0.05) is 6.61 Å². The Labute approximate surface area is 109 Å². The van der Waals surface area contributed by atoms with E-state index in [4.69, 9.17) is 0 Å². The molecule has 0 heterocycles. The number of aliphatic hydroxyl groups is 1. The number of hydrogen-bond donors (Lipinski definition) is 1. The number of rotatable bonds is 12. The fraction of sp³-hybridized carbons (Fsp3) is 1.00. The third kappa shape index (κ3) is 9.64. The van der Waals surface area contributed by atoms with Crippen molar-refractivity contribution in [2.45, 2.75) is 85.0 Å². The Morgan fingerprint density at radius 3 is 1.94 bits per heavy atom. The summed E-state index contributed by atoms with van der Waals surface area (Å²) in [6, 6.07) is 0. The minimum absolute atomic E-state index is 0.389. The molecule has 0 bridgehead atoms. The van der Waals surface area contributed by atoms with E-state index < -0.39 is 0 Å². The molecule has 0 aromatic heterocycles. The van der Waals surface area contributed by atoms with Crippen LogP contribution in [0.5, 0.6) is 0 Å². The van der Waals surface area contributed by atoms with E-state index in [0.717, 1.165) is 0 Å². The molecule has 0 radical (unpaired) electrons. The van der Waals surface area contributed by atoms with Gasteiger partial charge < -0.3 is 5.11 Å². The highest BCUT2D eigenvalue weighted by molar-refractivity contribution is 4.66. The van der Waals surface area contributed by atoms with Gasteiger partial charge in [-0.05, 0) is 18.3 Å². The van der Waals surface area contributed by atoms with Crippen molar-refractivity contribution < 1.29 is 5.11 Å². The molecule has 0 saturated heterocycles. The lowest BCUT2D eigenvalue weighted by Crippen LogP contribution is -2.16. The van der Waals surface area contributed by atoms with Gasteiger partial charge in [0.1, 0.15) is 0 Å². The Kier molecular flexibility index (Phi) is 12.4. The second-order valence-corrected chi connectivity index (χ2v) is 5.62. The fourth-order valence-electron chi connectivity index (χ4n) is 2.50. The van der Waals surface area contributed by atoms with Crippen molar-refractivity contribution in [3.63, 3.8) is 0 Å². The molecule has 0 rings (SSSR count). The van der Waals surface area contributed by atoms with Gasteiger partial charge >= 0.3 is 0 Å². The van der Waals surface area contributed by atoms with E-state index in [1.54, 1.807) is 0 Å². The van der Waals surface area contributed by atoms with E-state index >= 15 is 0 Å². The monoisotopic (exact) mass is 242 g/mol. The summed E-state index contributed by atoms with van der Waals surface area (Å²) in [7, 11) is 0. The lowest BCUT2D eigenvalue weighted by atomic mass is 9.86. The third-order valence-corrected chi connectivity index (χ3v) is 3.98. The summed E-state index contributed by atoms with van der Waals surface area (Å²) in [6.07, 6.45) is 13.3. The first-order valence-corrected chi connectivity index (χ1v) is 7.87. The predicted octanol–water partition coefficient (Wildman–Crippen LogP) is 5.17. The largest absolute Gasteiger partial charge is 0.396 e. The zero-order chi connectivity index (χ0) is 12.9. The van der Waals surface area contributed by atoms with Gasteiger partial charge in [0.05, 0.1) is 0 Å². The summed E-state index contributed by atoms with van der Waals surface area (Å²) < 4.78 is 0. The van der Waals surface area contributed by atoms with Gasteiger partial charge in [-0.25, -0.2) is 0 Å². The Morgan fingerprint density at radius 2 is 1.35 bits per heavy atom. The van der Waals surface area contributed by atoms with Crippen molar-refractivity contribution in [3.8, 4) is 0 Å². The molecule has 2 unspecified atom stereocenters. The normalized spacial score (nSPS) is 14.8. The van der Waals surface area contributed by atoms with Gasteiger partial charge in [0.2, 0.25) is 0 Å². The highest BCUT2D eigenvalue weighted by Gasteiger charge is 2.15. The Hall–Kier alpha value is -0.0400. The molecule has 1 heteroatoms. The van der Waals surface area contributed by atoms with Crippen LogP contribution in [0.2, 0.25) is 0 Å². The Balaban J connectivity index is 3.52. The molecule has 0 aliphatic rings. The van der Waals surface area contributed by atoms with Crippen molar-refractivity contribution in [2.24, 2.45) is 11.8 Å². The zero-order valence-electron chi connectivity index (χ0n) is 12.4. The second-order valence-electron chi connectivity index (χ2n) is 5.62. The quantitative estimate of drug-likeness (QED) is 0.468. The molecule has 0 saturated carbocycles. The van der Waals surface area contributed by atoms with Crippen LogP contribution in [0.4, 0.5) is 0 Å². The molecular weight excluding hydrogens is 208 g/mol. The average Bonchev–Trinajstić information content (AvgIpc) is 2.35. The molecule has 104 valence electrons. The molecule has 0 aliphatic carbocycles. The molecule has 0 aliphatic heterocycles. The van der Waals surface area contributed by atoms with E-state index in [1.807, 2.05) is 0 Å². The van der Waals surface area contributed by atoms with Crippen LogP contribution in [0.15, 0.2) is 0 Å². The standard InChI is InChI=1S/C16H34O/c1-4-6-8-9-10-11-13-16(14-17)15(3)12-7-5-2/h15-17H,4-14H2,1-3H3. The van der Waals surface area contributed by atoms with E-state index in [-0.39, 0.29) is 0 Å². The van der Waals surface area contributed by atoms with Gasteiger partial charge in [-0.3, -0.25) is 0 Å². The highest BCUT2D eigenvalue weighted by Crippen LogP contribution is 2.23. The van der Waals surface area contributed by atoms with Crippen molar-refractivity contribution in [1.82, 2.24) is 0 Å². The lowest BCUT2D eigenvalue weighted by Gasteiger charge is -2.21. The van der Waals surface area contributed by atoms with Crippen molar-refractivity contribution in [3.05, 3.63) is 0 Å². The van der Waals surface area contributed by atoms with E-state index in [9.17, 15) is 5.11 Å². The summed E-state index contributed by atoms with van der Waals surface area (Å²) >= 11 is 0. The molecule has 1 nitrogen and oxygen atoms in total. The molecule has 0 aromatic carbocycles. The van der Waals surface area contributed by atoms with Crippen LogP contribution >= 0.6 is 0 Å². The van der Waals surface area contributed by atoms with Gasteiger partial charge in [-0.15, -0.1) is 0 Å². The smallest absolute Gasteiger partial charge is 0.0461 e. The van der Waals surface area contributed by atoms with Crippen LogP contribution in [-0.2, 0) is 0 Å². The van der Waals surface area contributed by atoms with Crippen LogP contribution in [0.25, 0.3) is 0 Å². The number of unbranched alkanes of at least 4 members (excludes halogenated alkanes) is 6. The van der Waals surface area contributed by atoms with Crippen LogP contribution in [-0.4, -0.2) is 11.7 Å². The minimum atomic E-state index is 0.389. The maximum absolute atomic E-state index is 9.44. The summed E-state index contributed by atoms with van der Waals surface area (Å²) in [6.45, 7) is 7.21. The summed E-state index contributed by atoms with van der Waals surface area (Å²) in [5.41, 5.74) is 0. The van der Waals surface area contributed by atoms with Crippen LogP contribution in [0.1, 0.15) is 85.0 Å². The topological polar surface area (TPSA) is 20.2 Å². The lowest BCUT2D eigenvalue weighted by molar-refractivity contribution is 0.164. The number of hydrogen-bond acceptors (Lipinski definition) is 1. The predicted molar refractivity (Wildman–Crippen MR) is 77.3 cm³/mol. The van der Waals surface area contributed by atoms with E-state index in [2.05, 4.69) is 20.8 Å². The minimum Gasteiger partial charge on any atom is -0.396 e. The van der Waals surface area contributed by atoms with Crippen LogP contribution < -0.4 is 0 Å². The first-order valence-electron chi connectivity index (χ1n) is 7.87. The van der Waals surface area contributed by atoms with Gasteiger partial charge in [-0.2, -0.15) is 0 Å². The second kappa shape index (κ2) is 12.4. The SMILES string of the molecule is CCCCCCCCC(CO)C(C)CCCC. The van der Waals surface area contributed by atoms with Gasteiger partial charge in [0.15, 0.2) is 0 Å². The third-order valence-electron chi connectivity index (χ3n) is 3.98. The first-order chi connectivity index (χ1) is 8.26. The highest BCUT2D eigenvalue weighted by atomic mass is 16.3. The molecular formula is C16H34O. The summed E-state index contributed by atoms with van der Waals surface area (Å²) in [4.78, 5) is 0. The molecule has 17 heavy (non-hydrogen) atoms. The zero-order valence-corrected chi connectivity index (χ0v) is 12.4. The molecule has 1 N–H and O–H groups in total. The summed E-state index contributed by atoms with van der Waals surface area (Å²) in [5, 5.41) is 9.44. The first kappa shape index (κ1) is 17.0. The van der Waals surface area contributed by atoms with Gasteiger partial charge in [0.25, 0.3) is 0 Å². The van der Waals surface area contributed by atoms with Crippen molar-refractivity contribution in [2.75, 3.05) is 6.61 Å². The Morgan fingerprint density at radius 1 is 0.765 bits per heavy atom. The molecule has 0 aromatic rings. The van der Waals surface area contributed by atoms with E-state index in [1.165, 1.54) is 64.2 Å². The number of aliphatic hydroxyl groups excluding tert-OH is 1. The molecule has 0 spiro atoms. The molecule has 0 amide bonds. The van der Waals surface area contributed by atoms with Crippen LogP contribution in [0, 0.1) is 11.8 Å².